The molecule has 0 aliphatic heterocycles. The van der Waals surface area contributed by atoms with Crippen LogP contribution in [0.15, 0.2) is 0 Å². The van der Waals surface area contributed by atoms with Crippen molar-refractivity contribution < 1.29 is 9.59 Å². The first kappa shape index (κ1) is 17.8. The Balaban J connectivity index is 2.07. The zero-order chi connectivity index (χ0) is 15.7. The molecule has 5 heteroatoms. The van der Waals surface area contributed by atoms with Gasteiger partial charge in [-0.3, -0.25) is 4.79 Å². The average molecular weight is 297 g/mol. The van der Waals surface area contributed by atoms with Crippen molar-refractivity contribution in [2.75, 3.05) is 6.54 Å². The lowest BCUT2D eigenvalue weighted by Gasteiger charge is -2.24. The summed E-state index contributed by atoms with van der Waals surface area (Å²) in [6, 6.07) is 0.226. The van der Waals surface area contributed by atoms with Crippen molar-refractivity contribution in [3.63, 3.8) is 0 Å². The number of amides is 3. The Morgan fingerprint density at radius 3 is 2.43 bits per heavy atom. The van der Waals surface area contributed by atoms with Crippen LogP contribution >= 0.6 is 0 Å². The Labute approximate surface area is 128 Å². The van der Waals surface area contributed by atoms with Gasteiger partial charge in [0.15, 0.2) is 0 Å². The van der Waals surface area contributed by atoms with Crippen LogP contribution in [0, 0.1) is 0 Å². The lowest BCUT2D eigenvalue weighted by Crippen LogP contribution is -2.44. The molecule has 0 heterocycles. The summed E-state index contributed by atoms with van der Waals surface area (Å²) < 4.78 is 0. The van der Waals surface area contributed by atoms with Crippen molar-refractivity contribution in [3.05, 3.63) is 0 Å². The fraction of sp³-hybridized carbons (Fsp3) is 0.875. The molecule has 0 unspecified atom stereocenters. The van der Waals surface area contributed by atoms with Crippen molar-refractivity contribution in [1.29, 1.82) is 0 Å². The first-order valence-corrected chi connectivity index (χ1v) is 8.28. The molecule has 0 atom stereocenters. The third kappa shape index (κ3) is 7.93. The molecule has 0 saturated heterocycles. The first-order chi connectivity index (χ1) is 9.93. The van der Waals surface area contributed by atoms with Crippen molar-refractivity contribution in [2.24, 2.45) is 0 Å². The third-order valence-corrected chi connectivity index (χ3v) is 4.17. The summed E-state index contributed by atoms with van der Waals surface area (Å²) in [5.41, 5.74) is -0.150. The number of carbonyl (C=O) groups is 2. The van der Waals surface area contributed by atoms with Crippen molar-refractivity contribution in [1.82, 2.24) is 16.0 Å². The molecule has 1 aliphatic carbocycles. The van der Waals surface area contributed by atoms with Crippen molar-refractivity contribution in [2.45, 2.75) is 83.7 Å². The van der Waals surface area contributed by atoms with Crippen molar-refractivity contribution in [3.8, 4) is 0 Å². The van der Waals surface area contributed by atoms with Gasteiger partial charge in [0, 0.05) is 24.5 Å². The van der Waals surface area contributed by atoms with Gasteiger partial charge in [-0.25, -0.2) is 4.79 Å². The predicted octanol–water partition coefficient (Wildman–Crippen LogP) is 2.70. The molecule has 0 radical (unpaired) electrons. The Kier molecular flexibility index (Phi) is 7.54. The molecule has 5 nitrogen and oxygen atoms in total. The van der Waals surface area contributed by atoms with Gasteiger partial charge in [-0.05, 0) is 39.5 Å². The number of hydrogen-bond acceptors (Lipinski definition) is 2. The molecule has 1 saturated carbocycles. The molecule has 1 rings (SSSR count). The summed E-state index contributed by atoms with van der Waals surface area (Å²) in [6.07, 6.45) is 7.89. The minimum Gasteiger partial charge on any atom is -0.351 e. The molecule has 1 aliphatic rings. The highest BCUT2D eigenvalue weighted by Gasteiger charge is 2.17. The van der Waals surface area contributed by atoms with Crippen LogP contribution in [0.25, 0.3) is 0 Å². The minimum absolute atomic E-state index is 0.0522. The first-order valence-electron chi connectivity index (χ1n) is 8.28. The maximum atomic E-state index is 11.7. The molecular weight excluding hydrogens is 266 g/mol. The maximum Gasteiger partial charge on any atom is 0.315 e. The maximum absolute atomic E-state index is 11.7. The van der Waals surface area contributed by atoms with E-state index in [0.29, 0.717) is 25.4 Å². The highest BCUT2D eigenvalue weighted by atomic mass is 16.2. The molecule has 21 heavy (non-hydrogen) atoms. The number of hydrogen-bond donors (Lipinski definition) is 3. The second kappa shape index (κ2) is 8.90. The zero-order valence-electron chi connectivity index (χ0n) is 13.8. The van der Waals surface area contributed by atoms with Crippen LogP contribution in [-0.4, -0.2) is 30.1 Å². The van der Waals surface area contributed by atoms with E-state index in [1.165, 1.54) is 19.3 Å². The second-order valence-corrected chi connectivity index (χ2v) is 6.62. The van der Waals surface area contributed by atoms with E-state index in [2.05, 4.69) is 22.9 Å². The Morgan fingerprint density at radius 2 is 1.81 bits per heavy atom. The summed E-state index contributed by atoms with van der Waals surface area (Å²) in [4.78, 5) is 23.4. The predicted molar refractivity (Wildman–Crippen MR) is 85.2 cm³/mol. The van der Waals surface area contributed by atoms with Gasteiger partial charge in [-0.15, -0.1) is 0 Å². The number of carbonyl (C=O) groups excluding carboxylic acids is 2. The molecule has 1 fully saturated rings. The normalized spacial score (nSPS) is 16.3. The molecule has 3 amide bonds. The van der Waals surface area contributed by atoms with Crippen LogP contribution in [0.4, 0.5) is 4.79 Å². The monoisotopic (exact) mass is 297 g/mol. The quantitative estimate of drug-likeness (QED) is 0.632. The molecular formula is C16H31N3O2. The van der Waals surface area contributed by atoms with Crippen LogP contribution < -0.4 is 16.0 Å². The Bertz CT molecular complexity index is 336. The van der Waals surface area contributed by atoms with Crippen LogP contribution in [0.1, 0.15) is 72.1 Å². The van der Waals surface area contributed by atoms with E-state index < -0.39 is 0 Å². The van der Waals surface area contributed by atoms with Crippen LogP contribution in [-0.2, 0) is 4.79 Å². The van der Waals surface area contributed by atoms with E-state index >= 15 is 0 Å². The van der Waals surface area contributed by atoms with Gasteiger partial charge in [-0.1, -0.05) is 26.2 Å². The van der Waals surface area contributed by atoms with E-state index in [4.69, 9.17) is 0 Å². The molecule has 3 N–H and O–H groups in total. The van der Waals surface area contributed by atoms with Crippen LogP contribution in [0.5, 0.6) is 0 Å². The lowest BCUT2D eigenvalue weighted by atomic mass is 9.96. The smallest absolute Gasteiger partial charge is 0.315 e. The molecule has 0 aromatic carbocycles. The minimum atomic E-state index is -0.150. The van der Waals surface area contributed by atoms with Gasteiger partial charge in [0.05, 0.1) is 0 Å². The largest absolute Gasteiger partial charge is 0.351 e. The average Bonchev–Trinajstić information content (AvgIpc) is 2.44. The summed E-state index contributed by atoms with van der Waals surface area (Å²) in [7, 11) is 0. The number of rotatable bonds is 7. The van der Waals surface area contributed by atoms with E-state index in [1.54, 1.807) is 0 Å². The Hall–Kier alpha value is -1.26. The molecule has 0 spiro atoms. The summed E-state index contributed by atoms with van der Waals surface area (Å²) in [5.74, 6) is 0.0522. The molecule has 0 aromatic rings. The topological polar surface area (TPSA) is 70.2 Å². The van der Waals surface area contributed by atoms with Gasteiger partial charge in [0.2, 0.25) is 5.91 Å². The van der Waals surface area contributed by atoms with Gasteiger partial charge < -0.3 is 16.0 Å². The van der Waals surface area contributed by atoms with Gasteiger partial charge in [0.25, 0.3) is 0 Å². The summed E-state index contributed by atoms with van der Waals surface area (Å²) >= 11 is 0. The van der Waals surface area contributed by atoms with E-state index in [1.807, 2.05) is 13.8 Å². The van der Waals surface area contributed by atoms with Crippen molar-refractivity contribution >= 4 is 11.9 Å². The highest BCUT2D eigenvalue weighted by Crippen LogP contribution is 2.17. The molecule has 0 bridgehead atoms. The highest BCUT2D eigenvalue weighted by molar-refractivity contribution is 5.77. The fourth-order valence-electron chi connectivity index (χ4n) is 2.46. The van der Waals surface area contributed by atoms with Gasteiger partial charge in [-0.2, -0.15) is 0 Å². The summed E-state index contributed by atoms with van der Waals surface area (Å²) in [6.45, 7) is 6.62. The van der Waals surface area contributed by atoms with Gasteiger partial charge >= 0.3 is 6.03 Å². The lowest BCUT2D eigenvalue weighted by molar-refractivity contribution is -0.122. The number of urea groups is 1. The standard InChI is InChI=1S/C16H31N3O2/c1-4-16(2,3)19-14(20)11-8-12-17-15(21)18-13-9-6-5-7-10-13/h13H,4-12H2,1-3H3,(H,19,20)(H2,17,18,21). The van der Waals surface area contributed by atoms with E-state index in [-0.39, 0.29) is 17.5 Å². The fourth-order valence-corrected chi connectivity index (χ4v) is 2.46. The van der Waals surface area contributed by atoms with Crippen LogP contribution in [0.2, 0.25) is 0 Å². The molecule has 122 valence electrons. The van der Waals surface area contributed by atoms with E-state index in [9.17, 15) is 9.59 Å². The SMILES string of the molecule is CCC(C)(C)NC(=O)CCCNC(=O)NC1CCCCC1. The van der Waals surface area contributed by atoms with Crippen LogP contribution in [0.3, 0.4) is 0 Å². The molecule has 0 aromatic heterocycles. The van der Waals surface area contributed by atoms with Gasteiger partial charge in [0.1, 0.15) is 0 Å². The third-order valence-electron chi connectivity index (χ3n) is 4.17. The number of nitrogens with one attached hydrogen (secondary N) is 3. The van der Waals surface area contributed by atoms with E-state index in [0.717, 1.165) is 19.3 Å². The zero-order valence-corrected chi connectivity index (χ0v) is 13.8. The Morgan fingerprint density at radius 1 is 1.14 bits per heavy atom. The summed E-state index contributed by atoms with van der Waals surface area (Å²) in [5, 5.41) is 8.83. The second-order valence-electron chi connectivity index (χ2n) is 6.62.